The second-order valence-electron chi connectivity index (χ2n) is 6.16. The summed E-state index contributed by atoms with van der Waals surface area (Å²) in [6.07, 6.45) is 0.110. The van der Waals surface area contributed by atoms with Crippen LogP contribution in [0.25, 0.3) is 0 Å². The Morgan fingerprint density at radius 3 is 2.32 bits per heavy atom. The first-order valence-corrected chi connectivity index (χ1v) is 7.63. The molecule has 1 N–H and O–H groups in total. The summed E-state index contributed by atoms with van der Waals surface area (Å²) in [7, 11) is 0. The summed E-state index contributed by atoms with van der Waals surface area (Å²) in [5.41, 5.74) is 1.08. The van der Waals surface area contributed by atoms with Crippen molar-refractivity contribution in [3.63, 3.8) is 0 Å². The summed E-state index contributed by atoms with van der Waals surface area (Å²) < 4.78 is 5.71. The Labute approximate surface area is 139 Å². The Morgan fingerprint density at radius 2 is 1.82 bits per heavy atom. The van der Waals surface area contributed by atoms with Crippen LogP contribution in [0.5, 0.6) is 0 Å². The van der Waals surface area contributed by atoms with E-state index >= 15 is 0 Å². The van der Waals surface area contributed by atoms with Gasteiger partial charge in [-0.1, -0.05) is 44.0 Å². The number of aryl methyl sites for hydroxylation is 1. The molecule has 22 heavy (non-hydrogen) atoms. The van der Waals surface area contributed by atoms with Gasteiger partial charge in [-0.05, 0) is 25.1 Å². The number of carbonyl (C=O) groups is 1. The Hall–Kier alpha value is -1.52. The molecule has 4 nitrogen and oxygen atoms in total. The summed E-state index contributed by atoms with van der Waals surface area (Å²) >= 11 is 11.8. The number of nitrogens with zero attached hydrogens (tertiary/aromatic N) is 1. The highest BCUT2D eigenvalue weighted by atomic mass is 35.5. The zero-order chi connectivity index (χ0) is 16.5. The molecule has 118 valence electrons. The van der Waals surface area contributed by atoms with Crippen LogP contribution in [-0.4, -0.2) is 10.9 Å². The monoisotopic (exact) mass is 340 g/mol. The molecule has 1 heterocycles. The molecule has 0 unspecified atom stereocenters. The second-order valence-corrected chi connectivity index (χ2v) is 7.03. The summed E-state index contributed by atoms with van der Waals surface area (Å²) in [4.78, 5) is 16.5. The van der Waals surface area contributed by atoms with Gasteiger partial charge in [0.1, 0.15) is 5.76 Å². The van der Waals surface area contributed by atoms with E-state index in [1.54, 1.807) is 18.2 Å². The van der Waals surface area contributed by atoms with Gasteiger partial charge < -0.3 is 9.73 Å². The lowest BCUT2D eigenvalue weighted by molar-refractivity contribution is -0.115. The number of oxazole rings is 1. The molecule has 0 bridgehead atoms. The smallest absolute Gasteiger partial charge is 0.232 e. The first-order valence-electron chi connectivity index (χ1n) is 6.88. The lowest BCUT2D eigenvalue weighted by atomic mass is 9.97. The third kappa shape index (κ3) is 4.24. The predicted molar refractivity (Wildman–Crippen MR) is 88.7 cm³/mol. The van der Waals surface area contributed by atoms with Crippen LogP contribution >= 0.6 is 23.2 Å². The zero-order valence-corrected chi connectivity index (χ0v) is 14.5. The van der Waals surface area contributed by atoms with Gasteiger partial charge in [0, 0.05) is 21.1 Å². The number of nitrogens with one attached hydrogen (secondary N) is 1. The van der Waals surface area contributed by atoms with Crippen LogP contribution in [0.2, 0.25) is 10.0 Å². The van der Waals surface area contributed by atoms with Crippen LogP contribution < -0.4 is 5.32 Å². The van der Waals surface area contributed by atoms with Crippen molar-refractivity contribution in [1.82, 2.24) is 4.98 Å². The van der Waals surface area contributed by atoms with Crippen molar-refractivity contribution >= 4 is 34.8 Å². The topological polar surface area (TPSA) is 55.1 Å². The van der Waals surface area contributed by atoms with Gasteiger partial charge in [0.15, 0.2) is 5.89 Å². The molecule has 2 aromatic rings. The van der Waals surface area contributed by atoms with E-state index in [0.717, 1.165) is 5.69 Å². The van der Waals surface area contributed by atoms with Crippen LogP contribution in [0.1, 0.15) is 38.1 Å². The molecule has 0 spiro atoms. The standard InChI is InChI=1S/C16H18Cl2N2O2/c1-9-13(22-15(19-9)16(2,3)4)8-14(21)20-12-6-10(17)5-11(18)7-12/h5-7H,8H2,1-4H3,(H,20,21). The number of aromatic nitrogens is 1. The highest BCUT2D eigenvalue weighted by molar-refractivity contribution is 6.35. The van der Waals surface area contributed by atoms with Crippen molar-refractivity contribution in [3.8, 4) is 0 Å². The van der Waals surface area contributed by atoms with E-state index in [1.165, 1.54) is 0 Å². The summed E-state index contributed by atoms with van der Waals surface area (Å²) in [6.45, 7) is 7.86. The van der Waals surface area contributed by atoms with Crippen molar-refractivity contribution in [2.45, 2.75) is 39.5 Å². The number of rotatable bonds is 3. The van der Waals surface area contributed by atoms with E-state index in [1.807, 2.05) is 27.7 Å². The highest BCUT2D eigenvalue weighted by Gasteiger charge is 2.23. The number of carbonyl (C=O) groups excluding carboxylic acids is 1. The molecule has 0 aliphatic carbocycles. The van der Waals surface area contributed by atoms with Gasteiger partial charge >= 0.3 is 0 Å². The maximum Gasteiger partial charge on any atom is 0.232 e. The minimum absolute atomic E-state index is 0.110. The maximum atomic E-state index is 12.1. The summed E-state index contributed by atoms with van der Waals surface area (Å²) in [5.74, 6) is 0.979. The highest BCUT2D eigenvalue weighted by Crippen LogP contribution is 2.25. The van der Waals surface area contributed by atoms with E-state index in [0.29, 0.717) is 27.4 Å². The molecule has 0 saturated carbocycles. The molecule has 0 saturated heterocycles. The average Bonchev–Trinajstić information content (AvgIpc) is 2.69. The Kier molecular flexibility index (Phi) is 4.83. The SMILES string of the molecule is Cc1nc(C(C)(C)C)oc1CC(=O)Nc1cc(Cl)cc(Cl)c1. The average molecular weight is 341 g/mol. The molecule has 0 aliphatic heterocycles. The number of hydrogen-bond donors (Lipinski definition) is 1. The minimum Gasteiger partial charge on any atom is -0.444 e. The second kappa shape index (κ2) is 6.31. The fourth-order valence-electron chi connectivity index (χ4n) is 1.89. The molecule has 1 amide bonds. The molecule has 1 aromatic carbocycles. The number of amides is 1. The van der Waals surface area contributed by atoms with Gasteiger partial charge in [-0.3, -0.25) is 4.79 Å². The third-order valence-corrected chi connectivity index (χ3v) is 3.44. The Morgan fingerprint density at radius 1 is 1.23 bits per heavy atom. The van der Waals surface area contributed by atoms with E-state index in [2.05, 4.69) is 10.3 Å². The Bertz CT molecular complexity index is 682. The van der Waals surface area contributed by atoms with Crippen molar-refractivity contribution in [3.05, 3.63) is 45.6 Å². The van der Waals surface area contributed by atoms with Gasteiger partial charge in [0.2, 0.25) is 5.91 Å². The summed E-state index contributed by atoms with van der Waals surface area (Å²) in [5, 5.41) is 3.68. The van der Waals surface area contributed by atoms with Gasteiger partial charge in [-0.15, -0.1) is 0 Å². The van der Waals surface area contributed by atoms with Crippen LogP contribution in [0.3, 0.4) is 0 Å². The molecular formula is C16H18Cl2N2O2. The van der Waals surface area contributed by atoms with Crippen LogP contribution in [0.4, 0.5) is 5.69 Å². The first kappa shape index (κ1) is 16.8. The molecule has 2 rings (SSSR count). The van der Waals surface area contributed by atoms with Crippen LogP contribution in [0, 0.1) is 6.92 Å². The largest absolute Gasteiger partial charge is 0.444 e. The summed E-state index contributed by atoms with van der Waals surface area (Å²) in [6, 6.07) is 4.88. The van der Waals surface area contributed by atoms with Crippen molar-refractivity contribution in [1.29, 1.82) is 0 Å². The van der Waals surface area contributed by atoms with E-state index in [9.17, 15) is 4.79 Å². The fraction of sp³-hybridized carbons (Fsp3) is 0.375. The lowest BCUT2D eigenvalue weighted by Crippen LogP contribution is -2.14. The normalized spacial score (nSPS) is 11.5. The molecule has 0 radical (unpaired) electrons. The minimum atomic E-state index is -0.210. The van der Waals surface area contributed by atoms with E-state index in [-0.39, 0.29) is 17.7 Å². The van der Waals surface area contributed by atoms with Gasteiger partial charge in [0.25, 0.3) is 0 Å². The maximum absolute atomic E-state index is 12.1. The number of halogens is 2. The van der Waals surface area contributed by atoms with E-state index < -0.39 is 0 Å². The molecule has 0 atom stereocenters. The van der Waals surface area contributed by atoms with Crippen molar-refractivity contribution in [2.75, 3.05) is 5.32 Å². The number of benzene rings is 1. The molecule has 1 aromatic heterocycles. The molecule has 6 heteroatoms. The number of hydrogen-bond acceptors (Lipinski definition) is 3. The Balaban J connectivity index is 2.11. The van der Waals surface area contributed by atoms with Crippen molar-refractivity contribution < 1.29 is 9.21 Å². The molecular weight excluding hydrogens is 323 g/mol. The predicted octanol–water partition coefficient (Wildman–Crippen LogP) is 4.77. The quantitative estimate of drug-likeness (QED) is 0.875. The third-order valence-electron chi connectivity index (χ3n) is 3.00. The zero-order valence-electron chi connectivity index (χ0n) is 13.0. The molecule has 0 fully saturated rings. The van der Waals surface area contributed by atoms with Gasteiger partial charge in [-0.25, -0.2) is 4.98 Å². The first-order chi connectivity index (χ1) is 10.1. The van der Waals surface area contributed by atoms with E-state index in [4.69, 9.17) is 27.6 Å². The van der Waals surface area contributed by atoms with Gasteiger partial charge in [0.05, 0.1) is 12.1 Å². The van der Waals surface area contributed by atoms with Crippen LogP contribution in [-0.2, 0) is 16.6 Å². The fourth-order valence-corrected chi connectivity index (χ4v) is 2.42. The number of anilines is 1. The van der Waals surface area contributed by atoms with Crippen molar-refractivity contribution in [2.24, 2.45) is 0 Å². The van der Waals surface area contributed by atoms with Gasteiger partial charge in [-0.2, -0.15) is 0 Å². The lowest BCUT2D eigenvalue weighted by Gasteiger charge is -2.12. The van der Waals surface area contributed by atoms with Crippen LogP contribution in [0.15, 0.2) is 22.6 Å². The molecule has 0 aliphatic rings.